The highest BCUT2D eigenvalue weighted by Crippen LogP contribution is 2.19. The van der Waals surface area contributed by atoms with Crippen LogP contribution in [0.3, 0.4) is 0 Å². The maximum absolute atomic E-state index is 12.9. The van der Waals surface area contributed by atoms with Crippen LogP contribution in [0.5, 0.6) is 5.75 Å². The van der Waals surface area contributed by atoms with Gasteiger partial charge in [0.05, 0.1) is 12.6 Å². The zero-order valence-corrected chi connectivity index (χ0v) is 15.8. The second kappa shape index (κ2) is 9.84. The Morgan fingerprint density at radius 2 is 1.79 bits per heavy atom. The summed E-state index contributed by atoms with van der Waals surface area (Å²) < 4.78 is 0. The van der Waals surface area contributed by atoms with E-state index >= 15 is 0 Å². The Morgan fingerprint density at radius 3 is 2.39 bits per heavy atom. The molecule has 0 aliphatic heterocycles. The lowest BCUT2D eigenvalue weighted by molar-refractivity contribution is -0.141. The van der Waals surface area contributed by atoms with Crippen molar-refractivity contribution in [1.82, 2.24) is 15.8 Å². The van der Waals surface area contributed by atoms with E-state index in [1.165, 1.54) is 25.1 Å². The van der Waals surface area contributed by atoms with E-state index in [0.717, 1.165) is 10.6 Å². The van der Waals surface area contributed by atoms with Crippen molar-refractivity contribution in [3.05, 3.63) is 65.2 Å². The molecule has 0 saturated heterocycles. The first-order valence-electron chi connectivity index (χ1n) is 8.82. The summed E-state index contributed by atoms with van der Waals surface area (Å²) in [6, 6.07) is 12.3. The average molecular weight is 387 g/mol. The van der Waals surface area contributed by atoms with E-state index in [0.29, 0.717) is 5.56 Å². The number of benzene rings is 2. The fourth-order valence-electron chi connectivity index (χ4n) is 2.71. The summed E-state index contributed by atoms with van der Waals surface area (Å²) in [6.07, 6.45) is -1.19. The van der Waals surface area contributed by atoms with Crippen LogP contribution in [-0.2, 0) is 11.3 Å². The Hall–Kier alpha value is -2.94. The number of hydrogen-bond acceptors (Lipinski definition) is 6. The van der Waals surface area contributed by atoms with Gasteiger partial charge in [0.1, 0.15) is 18.5 Å². The lowest BCUT2D eigenvalue weighted by Gasteiger charge is -2.29. The van der Waals surface area contributed by atoms with Crippen LogP contribution in [-0.4, -0.2) is 51.0 Å². The van der Waals surface area contributed by atoms with Crippen LogP contribution < -0.4 is 10.7 Å². The standard InChI is InChI=1S/C20H25N3O5/c1-13-16(9-6-10-17(13)26)19(27)22-18(14(2)25)20(28)23(21-12-24)11-15-7-4-3-5-8-15/h3-10,14,18,21,24-26H,11-12H2,1-2H3,(H,22,27)/t14-,18+/m1/s1. The first-order chi connectivity index (χ1) is 13.3. The Balaban J connectivity index is 2.21. The van der Waals surface area contributed by atoms with Gasteiger partial charge in [-0.1, -0.05) is 36.4 Å². The summed E-state index contributed by atoms with van der Waals surface area (Å²) in [6.45, 7) is 2.60. The molecular formula is C20H25N3O5. The van der Waals surface area contributed by atoms with E-state index in [2.05, 4.69) is 10.7 Å². The van der Waals surface area contributed by atoms with Crippen molar-refractivity contribution in [2.45, 2.75) is 32.5 Å². The van der Waals surface area contributed by atoms with Crippen LogP contribution in [0.25, 0.3) is 0 Å². The van der Waals surface area contributed by atoms with Gasteiger partial charge in [0, 0.05) is 11.1 Å². The number of rotatable bonds is 8. The molecule has 0 unspecified atom stereocenters. The molecule has 5 N–H and O–H groups in total. The van der Waals surface area contributed by atoms with Crippen molar-refractivity contribution in [2.75, 3.05) is 6.73 Å². The minimum absolute atomic E-state index is 0.0415. The van der Waals surface area contributed by atoms with E-state index < -0.39 is 30.7 Å². The SMILES string of the molecule is Cc1c(O)cccc1C(=O)N[C@H](C(=O)N(Cc1ccccc1)NCO)[C@@H](C)O. The summed E-state index contributed by atoms with van der Waals surface area (Å²) in [7, 11) is 0. The summed E-state index contributed by atoms with van der Waals surface area (Å²) in [5.41, 5.74) is 3.90. The number of hydrazine groups is 1. The predicted octanol–water partition coefficient (Wildman–Crippen LogP) is 0.663. The highest BCUT2D eigenvalue weighted by molar-refractivity contribution is 5.99. The molecule has 8 nitrogen and oxygen atoms in total. The fourth-order valence-corrected chi connectivity index (χ4v) is 2.71. The number of phenolic OH excluding ortho intramolecular Hbond substituents is 1. The van der Waals surface area contributed by atoms with Gasteiger partial charge < -0.3 is 20.6 Å². The van der Waals surface area contributed by atoms with Crippen LogP contribution in [0.15, 0.2) is 48.5 Å². The van der Waals surface area contributed by atoms with Crippen LogP contribution in [0.4, 0.5) is 0 Å². The molecule has 0 heterocycles. The predicted molar refractivity (Wildman–Crippen MR) is 103 cm³/mol. The van der Waals surface area contributed by atoms with Crippen molar-refractivity contribution in [1.29, 1.82) is 0 Å². The number of nitrogens with zero attached hydrogens (tertiary/aromatic N) is 1. The van der Waals surface area contributed by atoms with Crippen LogP contribution in [0.1, 0.15) is 28.4 Å². The smallest absolute Gasteiger partial charge is 0.262 e. The molecule has 150 valence electrons. The lowest BCUT2D eigenvalue weighted by atomic mass is 10.1. The van der Waals surface area contributed by atoms with E-state index in [1.807, 2.05) is 30.3 Å². The van der Waals surface area contributed by atoms with Gasteiger partial charge in [-0.2, -0.15) is 0 Å². The van der Waals surface area contributed by atoms with Gasteiger partial charge >= 0.3 is 0 Å². The Kier molecular flexibility index (Phi) is 7.51. The number of carbonyl (C=O) groups excluding carboxylic acids is 2. The quantitative estimate of drug-likeness (QED) is 0.335. The first kappa shape index (κ1) is 21.4. The highest BCUT2D eigenvalue weighted by atomic mass is 16.3. The van der Waals surface area contributed by atoms with E-state index in [9.17, 15) is 24.9 Å². The monoisotopic (exact) mass is 387 g/mol. The summed E-state index contributed by atoms with van der Waals surface area (Å²) in [5, 5.41) is 32.7. The summed E-state index contributed by atoms with van der Waals surface area (Å²) in [4.78, 5) is 25.5. The van der Waals surface area contributed by atoms with Crippen molar-refractivity contribution in [3.8, 4) is 5.75 Å². The third-order valence-electron chi connectivity index (χ3n) is 4.30. The molecule has 2 rings (SSSR count). The van der Waals surface area contributed by atoms with Gasteiger partial charge in [-0.25, -0.2) is 5.43 Å². The molecule has 0 saturated carbocycles. The molecule has 0 aliphatic rings. The van der Waals surface area contributed by atoms with Crippen molar-refractivity contribution in [2.24, 2.45) is 0 Å². The second-order valence-electron chi connectivity index (χ2n) is 6.37. The number of amides is 2. The Morgan fingerprint density at radius 1 is 1.11 bits per heavy atom. The number of hydrogen-bond donors (Lipinski definition) is 5. The molecule has 2 aromatic carbocycles. The van der Waals surface area contributed by atoms with Crippen molar-refractivity contribution in [3.63, 3.8) is 0 Å². The van der Waals surface area contributed by atoms with E-state index in [-0.39, 0.29) is 17.9 Å². The number of carbonyl (C=O) groups is 2. The largest absolute Gasteiger partial charge is 0.508 e. The molecule has 28 heavy (non-hydrogen) atoms. The molecule has 0 aromatic heterocycles. The van der Waals surface area contributed by atoms with Crippen LogP contribution in [0.2, 0.25) is 0 Å². The zero-order chi connectivity index (χ0) is 20.7. The fraction of sp³-hybridized carbons (Fsp3) is 0.300. The average Bonchev–Trinajstić information content (AvgIpc) is 2.67. The van der Waals surface area contributed by atoms with Gasteiger partial charge in [-0.3, -0.25) is 14.6 Å². The maximum Gasteiger partial charge on any atom is 0.262 e. The molecular weight excluding hydrogens is 362 g/mol. The maximum atomic E-state index is 12.9. The zero-order valence-electron chi connectivity index (χ0n) is 15.8. The summed E-state index contributed by atoms with van der Waals surface area (Å²) >= 11 is 0. The summed E-state index contributed by atoms with van der Waals surface area (Å²) in [5.74, 6) is -1.25. The number of aliphatic hydroxyl groups excluding tert-OH is 2. The van der Waals surface area contributed by atoms with Gasteiger partial charge in [0.2, 0.25) is 0 Å². The van der Waals surface area contributed by atoms with Gasteiger partial charge in [-0.15, -0.1) is 0 Å². The highest BCUT2D eigenvalue weighted by Gasteiger charge is 2.31. The van der Waals surface area contributed by atoms with E-state index in [1.54, 1.807) is 6.92 Å². The lowest BCUT2D eigenvalue weighted by Crippen LogP contribution is -2.57. The van der Waals surface area contributed by atoms with E-state index in [4.69, 9.17) is 0 Å². The number of phenols is 1. The molecule has 0 aliphatic carbocycles. The normalized spacial score (nSPS) is 12.9. The number of nitrogens with one attached hydrogen (secondary N) is 2. The topological polar surface area (TPSA) is 122 Å². The molecule has 2 aromatic rings. The third kappa shape index (κ3) is 5.29. The van der Waals surface area contributed by atoms with Gasteiger partial charge in [0.15, 0.2) is 0 Å². The first-order valence-corrected chi connectivity index (χ1v) is 8.82. The third-order valence-corrected chi connectivity index (χ3v) is 4.30. The number of aromatic hydroxyl groups is 1. The minimum Gasteiger partial charge on any atom is -0.508 e. The molecule has 0 fully saturated rings. The second-order valence-corrected chi connectivity index (χ2v) is 6.37. The minimum atomic E-state index is -1.25. The van der Waals surface area contributed by atoms with Crippen molar-refractivity contribution >= 4 is 11.8 Å². The Labute approximate surface area is 163 Å². The Bertz CT molecular complexity index is 811. The van der Waals surface area contributed by atoms with Crippen LogP contribution >= 0.6 is 0 Å². The van der Waals surface area contributed by atoms with Gasteiger partial charge in [-0.05, 0) is 31.5 Å². The molecule has 0 radical (unpaired) electrons. The number of aliphatic hydroxyl groups is 2. The molecule has 8 heteroatoms. The molecule has 0 spiro atoms. The van der Waals surface area contributed by atoms with Gasteiger partial charge in [0.25, 0.3) is 11.8 Å². The molecule has 2 amide bonds. The van der Waals surface area contributed by atoms with Crippen LogP contribution in [0, 0.1) is 6.92 Å². The molecule has 2 atom stereocenters. The molecule has 0 bridgehead atoms. The van der Waals surface area contributed by atoms with Crippen molar-refractivity contribution < 1.29 is 24.9 Å².